The second kappa shape index (κ2) is 5.19. The first-order valence-corrected chi connectivity index (χ1v) is 7.87. The van der Waals surface area contributed by atoms with Crippen molar-refractivity contribution in [1.82, 2.24) is 15.6 Å². The average molecular weight is 366 g/mol. The van der Waals surface area contributed by atoms with Crippen molar-refractivity contribution >= 4 is 31.9 Å². The van der Waals surface area contributed by atoms with Gasteiger partial charge in [-0.05, 0) is 35.0 Å². The molecule has 0 spiro atoms. The fourth-order valence-corrected chi connectivity index (χ4v) is 4.45. The van der Waals surface area contributed by atoms with Crippen LogP contribution in [0.1, 0.15) is 6.42 Å². The van der Waals surface area contributed by atoms with Gasteiger partial charge < -0.3 is 20.8 Å². The summed E-state index contributed by atoms with van der Waals surface area (Å²) in [6, 6.07) is 1.20. The maximum absolute atomic E-state index is 12.7. The Bertz CT molecular complexity index is 642. The summed E-state index contributed by atoms with van der Waals surface area (Å²) in [5.41, 5.74) is 0. The standard InChI is InChI=1S/C10H12BrN3O5S/c11-6-3-7(8(15)13-4-6)20(18,19)10(14-9(16)17)1-2-12-5-10/h3-4,12,14H,1-2,5H2,(H,13,15)(H,16,17)/t10-/m0/s1. The molecule has 8 nitrogen and oxygen atoms in total. The molecule has 1 saturated heterocycles. The molecule has 0 unspecified atom stereocenters. The Morgan fingerprint density at radius 1 is 1.55 bits per heavy atom. The summed E-state index contributed by atoms with van der Waals surface area (Å²) in [5, 5.41) is 23.4. The van der Waals surface area contributed by atoms with E-state index in [4.69, 9.17) is 5.11 Å². The largest absolute Gasteiger partial charge is 0.492 e. The molecule has 1 amide bonds. The molecular weight excluding hydrogens is 354 g/mol. The number of nitrogens with zero attached hydrogens (tertiary/aromatic N) is 1. The number of aromatic hydroxyl groups is 1. The first-order chi connectivity index (χ1) is 9.28. The molecule has 110 valence electrons. The molecule has 1 fully saturated rings. The van der Waals surface area contributed by atoms with Crippen LogP contribution in [0, 0.1) is 0 Å². The van der Waals surface area contributed by atoms with Crippen LogP contribution >= 0.6 is 15.9 Å². The predicted molar refractivity (Wildman–Crippen MR) is 72.2 cm³/mol. The van der Waals surface area contributed by atoms with Crippen LogP contribution in [-0.2, 0) is 9.84 Å². The molecule has 1 atom stereocenters. The molecule has 2 heterocycles. The maximum atomic E-state index is 12.7. The summed E-state index contributed by atoms with van der Waals surface area (Å²) in [4.78, 5) is 12.3. The summed E-state index contributed by atoms with van der Waals surface area (Å²) >= 11 is 3.08. The van der Waals surface area contributed by atoms with Crippen molar-refractivity contribution in [2.75, 3.05) is 13.1 Å². The first kappa shape index (κ1) is 15.0. The van der Waals surface area contributed by atoms with Gasteiger partial charge in [0.05, 0.1) is 0 Å². The number of hydrogen-bond donors (Lipinski definition) is 4. The number of halogens is 1. The zero-order chi connectivity index (χ0) is 15.0. The van der Waals surface area contributed by atoms with Gasteiger partial charge in [0.25, 0.3) is 0 Å². The molecule has 0 saturated carbocycles. The number of rotatable bonds is 3. The van der Waals surface area contributed by atoms with Gasteiger partial charge in [0, 0.05) is 17.2 Å². The van der Waals surface area contributed by atoms with Crippen molar-refractivity contribution in [2.24, 2.45) is 0 Å². The lowest BCUT2D eigenvalue weighted by molar-refractivity contribution is 0.187. The van der Waals surface area contributed by atoms with Gasteiger partial charge >= 0.3 is 6.09 Å². The molecule has 20 heavy (non-hydrogen) atoms. The molecule has 0 aromatic carbocycles. The van der Waals surface area contributed by atoms with Crippen LogP contribution in [-0.4, -0.2) is 47.7 Å². The summed E-state index contributed by atoms with van der Waals surface area (Å²) in [7, 11) is -4.15. The average Bonchev–Trinajstić information content (AvgIpc) is 2.81. The normalized spacial score (nSPS) is 22.6. The topological polar surface area (TPSA) is 129 Å². The second-order valence-electron chi connectivity index (χ2n) is 4.33. The summed E-state index contributed by atoms with van der Waals surface area (Å²) in [6.07, 6.45) is -0.133. The number of hydrogen-bond acceptors (Lipinski definition) is 6. The zero-order valence-corrected chi connectivity index (χ0v) is 12.5. The molecule has 10 heteroatoms. The maximum Gasteiger partial charge on any atom is 0.405 e. The Balaban J connectivity index is 2.57. The van der Waals surface area contributed by atoms with E-state index in [0.717, 1.165) is 0 Å². The summed E-state index contributed by atoms with van der Waals surface area (Å²) < 4.78 is 25.7. The van der Waals surface area contributed by atoms with E-state index in [-0.39, 0.29) is 13.0 Å². The Morgan fingerprint density at radius 3 is 2.80 bits per heavy atom. The molecule has 4 N–H and O–H groups in total. The third-order valence-corrected chi connectivity index (χ3v) is 5.85. The van der Waals surface area contributed by atoms with E-state index in [2.05, 4.69) is 31.5 Å². The third-order valence-electron chi connectivity index (χ3n) is 3.05. The highest BCUT2D eigenvalue weighted by molar-refractivity contribution is 9.10. The minimum atomic E-state index is -4.15. The number of carboxylic acid groups (broad SMARTS) is 1. The monoisotopic (exact) mass is 365 g/mol. The van der Waals surface area contributed by atoms with E-state index in [9.17, 15) is 18.3 Å². The summed E-state index contributed by atoms with van der Waals surface area (Å²) in [5.74, 6) is -0.660. The van der Waals surface area contributed by atoms with Gasteiger partial charge in [0.15, 0.2) is 4.87 Å². The SMILES string of the molecule is O=C(O)N[C@]1(S(=O)(=O)c2cc(Br)cnc2O)CCNC1. The summed E-state index contributed by atoms with van der Waals surface area (Å²) in [6.45, 7) is 0.273. The number of amides is 1. The van der Waals surface area contributed by atoms with Gasteiger partial charge in [-0.3, -0.25) is 0 Å². The van der Waals surface area contributed by atoms with Crippen LogP contribution in [0.5, 0.6) is 5.88 Å². The molecule has 1 aromatic heterocycles. The van der Waals surface area contributed by atoms with Crippen LogP contribution in [0.2, 0.25) is 0 Å². The number of sulfone groups is 1. The van der Waals surface area contributed by atoms with E-state index in [0.29, 0.717) is 11.0 Å². The third kappa shape index (κ3) is 2.45. The highest BCUT2D eigenvalue weighted by atomic mass is 79.9. The van der Waals surface area contributed by atoms with Gasteiger partial charge in [0.1, 0.15) is 4.90 Å². The highest BCUT2D eigenvalue weighted by Crippen LogP contribution is 2.34. The second-order valence-corrected chi connectivity index (χ2v) is 7.47. The number of aromatic nitrogens is 1. The Kier molecular flexibility index (Phi) is 3.89. The van der Waals surface area contributed by atoms with Crippen LogP contribution in [0.4, 0.5) is 4.79 Å². The molecule has 1 aliphatic rings. The van der Waals surface area contributed by atoms with E-state index in [1.165, 1.54) is 12.3 Å². The molecule has 1 aliphatic heterocycles. The minimum absolute atomic E-state index is 0.0631. The van der Waals surface area contributed by atoms with Gasteiger partial charge in [-0.15, -0.1) is 0 Å². The van der Waals surface area contributed by atoms with E-state index >= 15 is 0 Å². The van der Waals surface area contributed by atoms with Crippen LogP contribution < -0.4 is 10.6 Å². The quantitative estimate of drug-likeness (QED) is 0.605. The smallest absolute Gasteiger partial charge is 0.405 e. The molecular formula is C10H12BrN3O5S. The lowest BCUT2D eigenvalue weighted by atomic mass is 10.2. The van der Waals surface area contributed by atoms with Crippen molar-refractivity contribution in [3.05, 3.63) is 16.7 Å². The van der Waals surface area contributed by atoms with Crippen LogP contribution in [0.25, 0.3) is 0 Å². The van der Waals surface area contributed by atoms with Gasteiger partial charge in [-0.2, -0.15) is 0 Å². The van der Waals surface area contributed by atoms with Crippen LogP contribution in [0.3, 0.4) is 0 Å². The predicted octanol–water partition coefficient (Wildman–Crippen LogP) is 0.281. The van der Waals surface area contributed by atoms with Gasteiger partial charge in [-0.1, -0.05) is 0 Å². The molecule has 0 aliphatic carbocycles. The molecule has 1 aromatic rings. The van der Waals surface area contributed by atoms with Gasteiger partial charge in [0.2, 0.25) is 15.7 Å². The van der Waals surface area contributed by atoms with Crippen molar-refractivity contribution in [2.45, 2.75) is 16.2 Å². The van der Waals surface area contributed by atoms with Crippen molar-refractivity contribution < 1.29 is 23.4 Å². The minimum Gasteiger partial charge on any atom is -0.492 e. The Hall–Kier alpha value is -1.39. The Morgan fingerprint density at radius 2 is 2.25 bits per heavy atom. The molecule has 0 radical (unpaired) electrons. The van der Waals surface area contributed by atoms with Crippen LogP contribution in [0.15, 0.2) is 21.6 Å². The number of pyridine rings is 1. The number of carbonyl (C=O) groups is 1. The zero-order valence-electron chi connectivity index (χ0n) is 10.1. The highest BCUT2D eigenvalue weighted by Gasteiger charge is 2.49. The lowest BCUT2D eigenvalue weighted by Gasteiger charge is -2.28. The van der Waals surface area contributed by atoms with Crippen molar-refractivity contribution in [3.8, 4) is 5.88 Å². The molecule has 0 bridgehead atoms. The van der Waals surface area contributed by atoms with Crippen molar-refractivity contribution in [3.63, 3.8) is 0 Å². The van der Waals surface area contributed by atoms with E-state index in [1.807, 2.05) is 0 Å². The fraction of sp³-hybridized carbons (Fsp3) is 0.400. The lowest BCUT2D eigenvalue weighted by Crippen LogP contribution is -2.55. The molecule has 2 rings (SSSR count). The fourth-order valence-electron chi connectivity index (χ4n) is 2.09. The first-order valence-electron chi connectivity index (χ1n) is 5.59. The van der Waals surface area contributed by atoms with E-state index in [1.54, 1.807) is 0 Å². The van der Waals surface area contributed by atoms with E-state index < -0.39 is 31.6 Å². The Labute approximate surface area is 123 Å². The van der Waals surface area contributed by atoms with Gasteiger partial charge in [-0.25, -0.2) is 18.2 Å². The number of nitrogens with one attached hydrogen (secondary N) is 2. The van der Waals surface area contributed by atoms with Crippen molar-refractivity contribution in [1.29, 1.82) is 0 Å².